The SMILES string of the molecule is CC1=C2C[C@@]3(C)C[C@H](O)[C@](C)(C[C@H](O)[C@H](O)[C@@](C)(O)CO)[C@H]3c3ccc(C)c(c32)C1. The smallest absolute Gasteiger partial charge is 0.113 e. The molecule has 3 aliphatic rings. The molecule has 7 atom stereocenters. The Morgan fingerprint density at radius 1 is 1.20 bits per heavy atom. The Morgan fingerprint density at radius 3 is 2.50 bits per heavy atom. The van der Waals surface area contributed by atoms with Crippen LogP contribution < -0.4 is 0 Å². The van der Waals surface area contributed by atoms with Crippen molar-refractivity contribution in [2.75, 3.05) is 6.61 Å². The maximum atomic E-state index is 11.2. The van der Waals surface area contributed by atoms with Gasteiger partial charge in [0.25, 0.3) is 0 Å². The molecule has 0 aromatic heterocycles. The van der Waals surface area contributed by atoms with Gasteiger partial charge in [-0.1, -0.05) is 31.6 Å². The molecule has 5 heteroatoms. The molecule has 1 aromatic carbocycles. The second kappa shape index (κ2) is 6.88. The highest BCUT2D eigenvalue weighted by Gasteiger charge is 2.61. The van der Waals surface area contributed by atoms with Crippen LogP contribution in [0.15, 0.2) is 17.7 Å². The largest absolute Gasteiger partial charge is 0.393 e. The molecule has 0 heterocycles. The summed E-state index contributed by atoms with van der Waals surface area (Å²) in [5.41, 5.74) is 5.49. The van der Waals surface area contributed by atoms with E-state index < -0.39 is 35.9 Å². The Labute approximate surface area is 179 Å². The molecule has 0 amide bonds. The van der Waals surface area contributed by atoms with Gasteiger partial charge in [-0.3, -0.25) is 0 Å². The summed E-state index contributed by atoms with van der Waals surface area (Å²) in [5.74, 6) is 0.0323. The van der Waals surface area contributed by atoms with E-state index in [-0.39, 0.29) is 17.8 Å². The highest BCUT2D eigenvalue weighted by atomic mass is 16.4. The Morgan fingerprint density at radius 2 is 1.87 bits per heavy atom. The molecule has 0 bridgehead atoms. The Hall–Kier alpha value is -1.24. The predicted molar refractivity (Wildman–Crippen MR) is 116 cm³/mol. The zero-order valence-electron chi connectivity index (χ0n) is 18.7. The molecule has 0 saturated heterocycles. The van der Waals surface area contributed by atoms with Gasteiger partial charge < -0.3 is 25.5 Å². The van der Waals surface area contributed by atoms with Crippen LogP contribution in [0.3, 0.4) is 0 Å². The van der Waals surface area contributed by atoms with Crippen molar-refractivity contribution in [1.29, 1.82) is 0 Å². The molecule has 1 fully saturated rings. The van der Waals surface area contributed by atoms with Gasteiger partial charge in [0.15, 0.2) is 0 Å². The van der Waals surface area contributed by atoms with Crippen LogP contribution in [0.25, 0.3) is 5.57 Å². The van der Waals surface area contributed by atoms with Gasteiger partial charge in [0, 0.05) is 5.41 Å². The second-order valence-electron chi connectivity index (χ2n) is 11.0. The summed E-state index contributed by atoms with van der Waals surface area (Å²) in [6, 6.07) is 4.36. The third-order valence-corrected chi connectivity index (χ3v) is 8.48. The van der Waals surface area contributed by atoms with Gasteiger partial charge in [0.1, 0.15) is 11.7 Å². The Bertz CT molecular complexity index is 903. The molecule has 30 heavy (non-hydrogen) atoms. The van der Waals surface area contributed by atoms with E-state index in [1.54, 1.807) is 0 Å². The lowest BCUT2D eigenvalue weighted by atomic mass is 9.58. The summed E-state index contributed by atoms with van der Waals surface area (Å²) in [6.07, 6.45) is -0.723. The first kappa shape index (κ1) is 22.0. The van der Waals surface area contributed by atoms with Crippen molar-refractivity contribution in [3.8, 4) is 0 Å². The molecule has 3 aliphatic carbocycles. The van der Waals surface area contributed by atoms with Crippen LogP contribution in [0, 0.1) is 17.8 Å². The van der Waals surface area contributed by atoms with E-state index in [1.165, 1.54) is 40.3 Å². The lowest BCUT2D eigenvalue weighted by Gasteiger charge is -2.46. The zero-order chi connectivity index (χ0) is 22.2. The van der Waals surface area contributed by atoms with Crippen molar-refractivity contribution in [1.82, 2.24) is 0 Å². The highest BCUT2D eigenvalue weighted by Crippen LogP contribution is 2.68. The lowest BCUT2D eigenvalue weighted by molar-refractivity contribution is -0.147. The predicted octanol–water partition coefficient (Wildman–Crippen LogP) is 2.44. The van der Waals surface area contributed by atoms with Gasteiger partial charge in [-0.25, -0.2) is 0 Å². The Kier molecular flexibility index (Phi) is 5.04. The number of rotatable bonds is 5. The van der Waals surface area contributed by atoms with E-state index in [0.717, 1.165) is 12.8 Å². The van der Waals surface area contributed by atoms with Gasteiger partial charge >= 0.3 is 0 Å². The summed E-state index contributed by atoms with van der Waals surface area (Å²) < 4.78 is 0. The number of allylic oxidation sites excluding steroid dienone is 2. The normalized spacial score (nSPS) is 36.3. The van der Waals surface area contributed by atoms with Gasteiger partial charge in [-0.2, -0.15) is 0 Å². The zero-order valence-corrected chi connectivity index (χ0v) is 18.7. The molecule has 5 nitrogen and oxygen atoms in total. The number of fused-ring (bicyclic) bond motifs is 2. The van der Waals surface area contributed by atoms with Crippen molar-refractivity contribution in [3.63, 3.8) is 0 Å². The van der Waals surface area contributed by atoms with Crippen molar-refractivity contribution in [2.45, 2.75) is 90.1 Å². The van der Waals surface area contributed by atoms with Crippen LogP contribution in [0.2, 0.25) is 0 Å². The molecular weight excluding hydrogens is 380 g/mol. The number of aliphatic hydroxyl groups excluding tert-OH is 4. The first-order valence-corrected chi connectivity index (χ1v) is 11.0. The maximum Gasteiger partial charge on any atom is 0.113 e. The third kappa shape index (κ3) is 2.94. The summed E-state index contributed by atoms with van der Waals surface area (Å²) in [6.45, 7) is 9.26. The van der Waals surface area contributed by atoms with Gasteiger partial charge in [-0.05, 0) is 85.6 Å². The molecule has 166 valence electrons. The fourth-order valence-electron chi connectivity index (χ4n) is 6.83. The van der Waals surface area contributed by atoms with Crippen molar-refractivity contribution in [3.05, 3.63) is 40.0 Å². The van der Waals surface area contributed by atoms with E-state index >= 15 is 0 Å². The molecule has 0 spiro atoms. The molecule has 4 rings (SSSR count). The average Bonchev–Trinajstić information content (AvgIpc) is 3.09. The third-order valence-electron chi connectivity index (χ3n) is 8.48. The molecule has 1 aromatic rings. The van der Waals surface area contributed by atoms with E-state index in [0.29, 0.717) is 6.42 Å². The van der Waals surface area contributed by atoms with E-state index in [4.69, 9.17) is 0 Å². The first-order chi connectivity index (χ1) is 13.9. The number of benzene rings is 1. The van der Waals surface area contributed by atoms with E-state index in [1.807, 2.05) is 6.92 Å². The van der Waals surface area contributed by atoms with Gasteiger partial charge in [0.05, 0.1) is 18.8 Å². The van der Waals surface area contributed by atoms with Crippen LogP contribution in [0.5, 0.6) is 0 Å². The van der Waals surface area contributed by atoms with Crippen molar-refractivity contribution in [2.24, 2.45) is 10.8 Å². The monoisotopic (exact) mass is 416 g/mol. The number of hydrogen-bond donors (Lipinski definition) is 5. The molecule has 5 N–H and O–H groups in total. The highest BCUT2D eigenvalue weighted by molar-refractivity contribution is 5.82. The second-order valence-corrected chi connectivity index (χ2v) is 11.0. The minimum atomic E-state index is -1.80. The topological polar surface area (TPSA) is 101 Å². The molecular formula is C25H36O5. The molecule has 0 radical (unpaired) electrons. The Balaban J connectivity index is 1.79. The van der Waals surface area contributed by atoms with Gasteiger partial charge in [-0.15, -0.1) is 0 Å². The molecule has 0 aliphatic heterocycles. The number of hydrogen-bond acceptors (Lipinski definition) is 5. The van der Waals surface area contributed by atoms with E-state index in [2.05, 4.69) is 32.9 Å². The fourth-order valence-corrected chi connectivity index (χ4v) is 6.83. The minimum absolute atomic E-state index is 0.0323. The maximum absolute atomic E-state index is 11.2. The number of aliphatic hydroxyl groups is 5. The summed E-state index contributed by atoms with van der Waals surface area (Å²) in [4.78, 5) is 0. The summed E-state index contributed by atoms with van der Waals surface area (Å²) in [5, 5.41) is 52.2. The van der Waals surface area contributed by atoms with Crippen LogP contribution in [-0.4, -0.2) is 56.1 Å². The minimum Gasteiger partial charge on any atom is -0.393 e. The first-order valence-electron chi connectivity index (χ1n) is 11.0. The quantitative estimate of drug-likeness (QED) is 0.508. The standard InChI is InChI=1S/C25H36O5/c1-13-6-7-15-20-16(13)8-14(2)17(20)9-23(3)11-19(28)24(4,21(15)23)10-18(27)22(29)25(5,30)12-26/h6-7,18-19,21-22,26-30H,8-12H2,1-5H3/t18-,19-,21-,22-,23-,24-,25-/m0/s1. The fraction of sp³-hybridized carbons (Fsp3) is 0.680. The number of aryl methyl sites for hydroxylation is 1. The van der Waals surface area contributed by atoms with E-state index in [9.17, 15) is 25.5 Å². The van der Waals surface area contributed by atoms with Crippen molar-refractivity contribution < 1.29 is 25.5 Å². The van der Waals surface area contributed by atoms with Crippen LogP contribution in [0.1, 0.15) is 75.1 Å². The molecule has 1 saturated carbocycles. The summed E-state index contributed by atoms with van der Waals surface area (Å²) >= 11 is 0. The van der Waals surface area contributed by atoms with Gasteiger partial charge in [0.2, 0.25) is 0 Å². The molecule has 0 unspecified atom stereocenters. The lowest BCUT2D eigenvalue weighted by Crippen LogP contribution is -2.52. The van der Waals surface area contributed by atoms with Crippen LogP contribution in [-0.2, 0) is 6.42 Å². The van der Waals surface area contributed by atoms with Crippen LogP contribution >= 0.6 is 0 Å². The van der Waals surface area contributed by atoms with Crippen molar-refractivity contribution >= 4 is 5.57 Å². The summed E-state index contributed by atoms with van der Waals surface area (Å²) in [7, 11) is 0. The van der Waals surface area contributed by atoms with Crippen LogP contribution in [0.4, 0.5) is 0 Å². The average molecular weight is 417 g/mol.